The fourth-order valence-corrected chi connectivity index (χ4v) is 2.79. The van der Waals surface area contributed by atoms with Crippen LogP contribution in [0.3, 0.4) is 0 Å². The van der Waals surface area contributed by atoms with Crippen LogP contribution in [0.1, 0.15) is 50.5 Å². The van der Waals surface area contributed by atoms with E-state index < -0.39 is 11.5 Å². The Labute approximate surface area is 123 Å². The molecule has 1 atom stereocenters. The molecule has 0 saturated heterocycles. The van der Waals surface area contributed by atoms with Crippen LogP contribution in [0, 0.1) is 5.82 Å². The van der Waals surface area contributed by atoms with E-state index in [-0.39, 0.29) is 30.5 Å². The summed E-state index contributed by atoms with van der Waals surface area (Å²) in [5.41, 5.74) is 0.191. The fourth-order valence-electron chi connectivity index (χ4n) is 2.79. The van der Waals surface area contributed by atoms with Gasteiger partial charge in [-0.3, -0.25) is 9.59 Å². The molecule has 0 aliphatic heterocycles. The van der Waals surface area contributed by atoms with Gasteiger partial charge in [0.2, 0.25) is 5.91 Å². The third-order valence-corrected chi connectivity index (χ3v) is 4.11. The van der Waals surface area contributed by atoms with Crippen molar-refractivity contribution in [1.82, 2.24) is 5.32 Å². The highest BCUT2D eigenvalue weighted by atomic mass is 19.1. The Bertz CT molecular complexity index is 540. The number of rotatable bonds is 6. The van der Waals surface area contributed by atoms with Crippen LogP contribution in [0.25, 0.3) is 0 Å². The average Bonchev–Trinajstić information content (AvgIpc) is 2.35. The minimum absolute atomic E-state index is 0.0346. The van der Waals surface area contributed by atoms with Gasteiger partial charge < -0.3 is 10.4 Å². The van der Waals surface area contributed by atoms with Gasteiger partial charge in [-0.1, -0.05) is 19.1 Å². The van der Waals surface area contributed by atoms with E-state index in [0.717, 1.165) is 12.0 Å². The molecule has 1 aromatic rings. The third-order valence-electron chi connectivity index (χ3n) is 4.11. The van der Waals surface area contributed by atoms with Gasteiger partial charge in [-0.05, 0) is 42.9 Å². The number of carboxylic acid groups (broad SMARTS) is 1. The van der Waals surface area contributed by atoms with Crippen molar-refractivity contribution in [1.29, 1.82) is 0 Å². The lowest BCUT2D eigenvalue weighted by Gasteiger charge is -2.41. The van der Waals surface area contributed by atoms with Crippen LogP contribution in [-0.2, 0) is 9.59 Å². The normalized spacial score (nSPS) is 17.6. The van der Waals surface area contributed by atoms with Gasteiger partial charge in [-0.25, -0.2) is 4.39 Å². The number of nitrogens with one attached hydrogen (secondary N) is 1. The first-order valence-corrected chi connectivity index (χ1v) is 7.18. The maximum atomic E-state index is 13.2. The number of carbonyl (C=O) groups excluding carboxylic acids is 1. The van der Waals surface area contributed by atoms with Gasteiger partial charge >= 0.3 is 5.97 Å². The Morgan fingerprint density at radius 1 is 1.43 bits per heavy atom. The van der Waals surface area contributed by atoms with Crippen molar-refractivity contribution in [2.45, 2.75) is 50.5 Å². The number of hydrogen-bond donors (Lipinski definition) is 2. The molecule has 5 heteroatoms. The van der Waals surface area contributed by atoms with Gasteiger partial charge in [0.05, 0.1) is 12.0 Å². The lowest BCUT2D eigenvalue weighted by Crippen LogP contribution is -2.54. The molecule has 1 aliphatic rings. The molecule has 0 spiro atoms. The zero-order valence-electron chi connectivity index (χ0n) is 12.1. The molecule has 1 amide bonds. The molecular weight excluding hydrogens is 273 g/mol. The summed E-state index contributed by atoms with van der Waals surface area (Å²) in [5, 5.41) is 11.8. The summed E-state index contributed by atoms with van der Waals surface area (Å²) >= 11 is 0. The van der Waals surface area contributed by atoms with E-state index in [1.807, 2.05) is 6.92 Å². The number of hydrogen-bond acceptors (Lipinski definition) is 2. The first-order valence-electron chi connectivity index (χ1n) is 7.18. The maximum Gasteiger partial charge on any atom is 0.305 e. The first-order chi connectivity index (χ1) is 9.90. The fraction of sp³-hybridized carbons (Fsp3) is 0.500. The second-order valence-electron chi connectivity index (χ2n) is 5.91. The number of carbonyl (C=O) groups is 2. The van der Waals surface area contributed by atoms with Crippen molar-refractivity contribution in [3.8, 4) is 0 Å². The zero-order valence-corrected chi connectivity index (χ0v) is 12.1. The monoisotopic (exact) mass is 293 g/mol. The number of benzene rings is 1. The molecule has 2 rings (SSSR count). The molecule has 2 N–H and O–H groups in total. The van der Waals surface area contributed by atoms with Crippen LogP contribution < -0.4 is 5.32 Å². The molecule has 1 aliphatic carbocycles. The minimum Gasteiger partial charge on any atom is -0.481 e. The maximum absolute atomic E-state index is 13.2. The van der Waals surface area contributed by atoms with Crippen LogP contribution in [0.5, 0.6) is 0 Å². The summed E-state index contributed by atoms with van der Waals surface area (Å²) in [6.45, 7) is 1.86. The second kappa shape index (κ2) is 6.24. The first kappa shape index (κ1) is 15.5. The molecule has 1 aromatic carbocycles. The molecule has 0 aromatic heterocycles. The molecule has 114 valence electrons. The predicted molar refractivity (Wildman–Crippen MR) is 76.4 cm³/mol. The van der Waals surface area contributed by atoms with Crippen molar-refractivity contribution in [3.63, 3.8) is 0 Å². The standard InChI is InChI=1S/C16H20FNO3/c1-11(12-4-2-5-13(17)9-12)8-14(19)18-16(6-3-7-16)10-15(20)21/h2,4-5,9,11H,3,6-8,10H2,1H3,(H,18,19)(H,20,21). The minimum atomic E-state index is -0.895. The Balaban J connectivity index is 1.93. The van der Waals surface area contributed by atoms with Gasteiger partial charge in [0.25, 0.3) is 0 Å². The van der Waals surface area contributed by atoms with E-state index in [1.54, 1.807) is 12.1 Å². The average molecular weight is 293 g/mol. The predicted octanol–water partition coefficient (Wildman–Crippen LogP) is 2.83. The molecule has 1 unspecified atom stereocenters. The largest absolute Gasteiger partial charge is 0.481 e. The van der Waals surface area contributed by atoms with Crippen LogP contribution in [-0.4, -0.2) is 22.5 Å². The molecular formula is C16H20FNO3. The lowest BCUT2D eigenvalue weighted by molar-refractivity contribution is -0.140. The highest BCUT2D eigenvalue weighted by Crippen LogP contribution is 2.35. The van der Waals surface area contributed by atoms with Crippen molar-refractivity contribution >= 4 is 11.9 Å². The Morgan fingerprint density at radius 3 is 2.67 bits per heavy atom. The lowest BCUT2D eigenvalue weighted by atomic mass is 9.74. The molecule has 0 bridgehead atoms. The van der Waals surface area contributed by atoms with Gasteiger partial charge in [0, 0.05) is 6.42 Å². The van der Waals surface area contributed by atoms with E-state index in [1.165, 1.54) is 12.1 Å². The van der Waals surface area contributed by atoms with Gasteiger partial charge in [0.15, 0.2) is 0 Å². The Kier molecular flexibility index (Phi) is 4.60. The van der Waals surface area contributed by atoms with Crippen LogP contribution in [0.15, 0.2) is 24.3 Å². The third kappa shape index (κ3) is 4.03. The van der Waals surface area contributed by atoms with E-state index in [4.69, 9.17) is 5.11 Å². The van der Waals surface area contributed by atoms with Gasteiger partial charge in [-0.2, -0.15) is 0 Å². The molecule has 1 fully saturated rings. The quantitative estimate of drug-likeness (QED) is 0.847. The summed E-state index contributed by atoms with van der Waals surface area (Å²) in [6.07, 6.45) is 2.55. The molecule has 0 heterocycles. The van der Waals surface area contributed by atoms with Crippen LogP contribution in [0.2, 0.25) is 0 Å². The van der Waals surface area contributed by atoms with Crippen LogP contribution in [0.4, 0.5) is 4.39 Å². The number of aliphatic carboxylic acids is 1. The van der Waals surface area contributed by atoms with E-state index in [9.17, 15) is 14.0 Å². The highest BCUT2D eigenvalue weighted by molar-refractivity contribution is 5.79. The van der Waals surface area contributed by atoms with Crippen molar-refractivity contribution < 1.29 is 19.1 Å². The van der Waals surface area contributed by atoms with E-state index in [0.29, 0.717) is 12.8 Å². The summed E-state index contributed by atoms with van der Waals surface area (Å²) in [5.74, 6) is -1.50. The van der Waals surface area contributed by atoms with E-state index in [2.05, 4.69) is 5.32 Å². The van der Waals surface area contributed by atoms with Crippen molar-refractivity contribution in [2.24, 2.45) is 0 Å². The second-order valence-corrected chi connectivity index (χ2v) is 5.91. The van der Waals surface area contributed by atoms with E-state index >= 15 is 0 Å². The van der Waals surface area contributed by atoms with Gasteiger partial charge in [0.1, 0.15) is 5.82 Å². The highest BCUT2D eigenvalue weighted by Gasteiger charge is 2.40. The van der Waals surface area contributed by atoms with Crippen molar-refractivity contribution in [3.05, 3.63) is 35.6 Å². The summed E-state index contributed by atoms with van der Waals surface area (Å²) in [4.78, 5) is 23.0. The SMILES string of the molecule is CC(CC(=O)NC1(CC(=O)O)CCC1)c1cccc(F)c1. The molecule has 0 radical (unpaired) electrons. The number of halogens is 1. The number of amides is 1. The Hall–Kier alpha value is -1.91. The molecule has 21 heavy (non-hydrogen) atoms. The topological polar surface area (TPSA) is 66.4 Å². The summed E-state index contributed by atoms with van der Waals surface area (Å²) in [6, 6.07) is 6.20. The van der Waals surface area contributed by atoms with Gasteiger partial charge in [-0.15, -0.1) is 0 Å². The summed E-state index contributed by atoms with van der Waals surface area (Å²) < 4.78 is 13.2. The Morgan fingerprint density at radius 2 is 2.14 bits per heavy atom. The van der Waals surface area contributed by atoms with Crippen molar-refractivity contribution in [2.75, 3.05) is 0 Å². The molecule has 4 nitrogen and oxygen atoms in total. The zero-order chi connectivity index (χ0) is 15.5. The van der Waals surface area contributed by atoms with Crippen LogP contribution >= 0.6 is 0 Å². The molecule has 1 saturated carbocycles. The number of carboxylic acids is 1. The smallest absolute Gasteiger partial charge is 0.305 e. The summed E-state index contributed by atoms with van der Waals surface area (Å²) in [7, 11) is 0.